The van der Waals surface area contributed by atoms with Crippen LogP contribution >= 0.6 is 35.0 Å². The third-order valence-electron chi connectivity index (χ3n) is 3.07. The molecule has 0 saturated heterocycles. The number of hydrogen-bond acceptors (Lipinski definition) is 2. The van der Waals surface area contributed by atoms with Gasteiger partial charge in [0.1, 0.15) is 0 Å². The van der Waals surface area contributed by atoms with E-state index in [1.165, 1.54) is 16.0 Å². The van der Waals surface area contributed by atoms with Crippen molar-refractivity contribution in [2.75, 3.05) is 6.54 Å². The van der Waals surface area contributed by atoms with Crippen LogP contribution in [0, 0.1) is 6.92 Å². The van der Waals surface area contributed by atoms with Gasteiger partial charge in [-0.3, -0.25) is 0 Å². The van der Waals surface area contributed by atoms with Crippen molar-refractivity contribution in [3.05, 3.63) is 57.6 Å². The molecular weight excluding hydrogens is 321 g/mol. The average molecular weight is 340 g/mol. The summed E-state index contributed by atoms with van der Waals surface area (Å²) in [6.45, 7) is 6.18. The molecule has 0 aromatic heterocycles. The lowest BCUT2D eigenvalue weighted by atomic mass is 10.1. The molecule has 1 N–H and O–H groups in total. The summed E-state index contributed by atoms with van der Waals surface area (Å²) in [5, 5.41) is 4.90. The molecule has 0 unspecified atom stereocenters. The van der Waals surface area contributed by atoms with Crippen LogP contribution in [0.4, 0.5) is 0 Å². The van der Waals surface area contributed by atoms with E-state index >= 15 is 0 Å². The molecule has 0 aliphatic carbocycles. The Labute approximate surface area is 141 Å². The fourth-order valence-corrected chi connectivity index (χ4v) is 3.48. The maximum atomic E-state index is 6.26. The summed E-state index contributed by atoms with van der Waals surface area (Å²) in [5.41, 5.74) is 2.56. The van der Waals surface area contributed by atoms with Crippen molar-refractivity contribution in [1.29, 1.82) is 0 Å². The lowest BCUT2D eigenvalue weighted by Gasteiger charge is -2.12. The topological polar surface area (TPSA) is 12.0 Å². The first-order valence-electron chi connectivity index (χ1n) is 7.03. The van der Waals surface area contributed by atoms with E-state index in [-0.39, 0.29) is 0 Å². The van der Waals surface area contributed by atoms with Gasteiger partial charge in [0.25, 0.3) is 0 Å². The highest BCUT2D eigenvalue weighted by Gasteiger charge is 2.08. The fraction of sp³-hybridized carbons (Fsp3) is 0.294. The van der Waals surface area contributed by atoms with Gasteiger partial charge in [0, 0.05) is 21.4 Å². The molecule has 2 aromatic carbocycles. The van der Waals surface area contributed by atoms with Crippen LogP contribution in [-0.4, -0.2) is 6.54 Å². The van der Waals surface area contributed by atoms with E-state index < -0.39 is 0 Å². The van der Waals surface area contributed by atoms with Crippen molar-refractivity contribution in [3.63, 3.8) is 0 Å². The van der Waals surface area contributed by atoms with Gasteiger partial charge in [-0.2, -0.15) is 0 Å². The molecular formula is C17H19Cl2NS. The maximum absolute atomic E-state index is 6.26. The minimum absolute atomic E-state index is 0.708. The van der Waals surface area contributed by atoms with Crippen LogP contribution in [0.1, 0.15) is 24.5 Å². The summed E-state index contributed by atoms with van der Waals surface area (Å²) in [4.78, 5) is 2.21. The third kappa shape index (κ3) is 4.93. The monoisotopic (exact) mass is 339 g/mol. The fourth-order valence-electron chi connectivity index (χ4n) is 2.02. The minimum atomic E-state index is 0.708. The minimum Gasteiger partial charge on any atom is -0.313 e. The van der Waals surface area contributed by atoms with Gasteiger partial charge in [0.2, 0.25) is 0 Å². The van der Waals surface area contributed by atoms with Gasteiger partial charge in [-0.25, -0.2) is 0 Å². The van der Waals surface area contributed by atoms with Crippen LogP contribution in [0.25, 0.3) is 0 Å². The first-order valence-corrected chi connectivity index (χ1v) is 8.60. The van der Waals surface area contributed by atoms with E-state index in [0.29, 0.717) is 5.02 Å². The van der Waals surface area contributed by atoms with E-state index in [1.807, 2.05) is 18.2 Å². The van der Waals surface area contributed by atoms with Crippen molar-refractivity contribution in [1.82, 2.24) is 5.32 Å². The molecule has 0 amide bonds. The van der Waals surface area contributed by atoms with Crippen molar-refractivity contribution in [2.24, 2.45) is 0 Å². The molecule has 0 fully saturated rings. The summed E-state index contributed by atoms with van der Waals surface area (Å²) < 4.78 is 0. The number of nitrogens with one attached hydrogen (secondary N) is 1. The number of aryl methyl sites for hydroxylation is 1. The molecule has 0 aliphatic rings. The van der Waals surface area contributed by atoms with Crippen LogP contribution in [-0.2, 0) is 6.54 Å². The lowest BCUT2D eigenvalue weighted by molar-refractivity contribution is 0.669. The normalized spacial score (nSPS) is 10.9. The number of rotatable bonds is 6. The largest absolute Gasteiger partial charge is 0.313 e. The second-order valence-corrected chi connectivity index (χ2v) is 6.89. The predicted molar refractivity (Wildman–Crippen MR) is 93.8 cm³/mol. The molecule has 0 radical (unpaired) electrons. The average Bonchev–Trinajstić information content (AvgIpc) is 2.46. The van der Waals surface area contributed by atoms with Crippen molar-refractivity contribution in [2.45, 2.75) is 36.6 Å². The Kier molecular flexibility index (Phi) is 6.43. The van der Waals surface area contributed by atoms with Crippen LogP contribution < -0.4 is 5.32 Å². The van der Waals surface area contributed by atoms with E-state index in [4.69, 9.17) is 23.2 Å². The summed E-state index contributed by atoms with van der Waals surface area (Å²) in [6, 6.07) is 12.1. The Morgan fingerprint density at radius 3 is 2.62 bits per heavy atom. The molecule has 1 nitrogen and oxygen atoms in total. The van der Waals surface area contributed by atoms with E-state index in [0.717, 1.165) is 29.4 Å². The molecule has 21 heavy (non-hydrogen) atoms. The third-order valence-corrected chi connectivity index (χ3v) is 4.92. The van der Waals surface area contributed by atoms with E-state index in [9.17, 15) is 0 Å². The zero-order chi connectivity index (χ0) is 15.2. The molecule has 0 heterocycles. The highest BCUT2D eigenvalue weighted by atomic mass is 35.5. The van der Waals surface area contributed by atoms with Crippen LogP contribution in [0.15, 0.2) is 46.2 Å². The number of halogens is 2. The second-order valence-electron chi connectivity index (χ2n) is 4.96. The van der Waals surface area contributed by atoms with Gasteiger partial charge in [0.15, 0.2) is 0 Å². The number of benzene rings is 2. The molecule has 0 spiro atoms. The Morgan fingerprint density at radius 1 is 1.05 bits per heavy atom. The first kappa shape index (κ1) is 16.7. The van der Waals surface area contributed by atoms with Crippen LogP contribution in [0.2, 0.25) is 10.0 Å². The SMILES string of the molecule is CCCNCc1cc(C)ccc1Sc1cc(Cl)ccc1Cl. The van der Waals surface area contributed by atoms with E-state index in [1.54, 1.807) is 11.8 Å². The van der Waals surface area contributed by atoms with Crippen molar-refractivity contribution >= 4 is 35.0 Å². The highest BCUT2D eigenvalue weighted by molar-refractivity contribution is 7.99. The van der Waals surface area contributed by atoms with Crippen molar-refractivity contribution in [3.8, 4) is 0 Å². The highest BCUT2D eigenvalue weighted by Crippen LogP contribution is 2.37. The second kappa shape index (κ2) is 8.09. The molecule has 112 valence electrons. The summed E-state index contributed by atoms with van der Waals surface area (Å²) >= 11 is 14.0. The van der Waals surface area contributed by atoms with Gasteiger partial charge in [0.05, 0.1) is 5.02 Å². The molecule has 2 aromatic rings. The number of hydrogen-bond donors (Lipinski definition) is 1. The lowest BCUT2D eigenvalue weighted by Crippen LogP contribution is -2.14. The molecule has 0 saturated carbocycles. The van der Waals surface area contributed by atoms with Crippen LogP contribution in [0.5, 0.6) is 0 Å². The molecule has 0 bridgehead atoms. The first-order chi connectivity index (χ1) is 10.1. The van der Waals surface area contributed by atoms with Gasteiger partial charge in [-0.1, -0.05) is 59.6 Å². The Morgan fingerprint density at radius 2 is 1.86 bits per heavy atom. The van der Waals surface area contributed by atoms with Gasteiger partial charge < -0.3 is 5.32 Å². The summed E-state index contributed by atoms with van der Waals surface area (Å²) in [7, 11) is 0. The predicted octanol–water partition coefficient (Wildman–Crippen LogP) is 5.95. The Hall–Kier alpha value is -0.670. The quantitative estimate of drug-likeness (QED) is 0.652. The summed E-state index contributed by atoms with van der Waals surface area (Å²) in [6.07, 6.45) is 1.13. The van der Waals surface area contributed by atoms with E-state index in [2.05, 4.69) is 37.4 Å². The van der Waals surface area contributed by atoms with Gasteiger partial charge >= 0.3 is 0 Å². The Bertz CT molecular complexity index is 614. The smallest absolute Gasteiger partial charge is 0.0546 e. The molecule has 4 heteroatoms. The zero-order valence-electron chi connectivity index (χ0n) is 12.2. The van der Waals surface area contributed by atoms with Gasteiger partial charge in [-0.05, 0) is 49.7 Å². The molecule has 2 rings (SSSR count). The zero-order valence-corrected chi connectivity index (χ0v) is 14.6. The Balaban J connectivity index is 2.24. The standard InChI is InChI=1S/C17H19Cl2NS/c1-3-8-20-11-13-9-12(2)4-7-16(13)21-17-10-14(18)5-6-15(17)19/h4-7,9-10,20H,3,8,11H2,1-2H3. The maximum Gasteiger partial charge on any atom is 0.0546 e. The van der Waals surface area contributed by atoms with Gasteiger partial charge in [-0.15, -0.1) is 0 Å². The van der Waals surface area contributed by atoms with Crippen molar-refractivity contribution < 1.29 is 0 Å². The summed E-state index contributed by atoms with van der Waals surface area (Å²) in [5.74, 6) is 0. The molecule has 0 atom stereocenters. The molecule has 0 aliphatic heterocycles. The van der Waals surface area contributed by atoms with Crippen LogP contribution in [0.3, 0.4) is 0 Å².